The topological polar surface area (TPSA) is 41.1 Å². The summed E-state index contributed by atoms with van der Waals surface area (Å²) in [5, 5.41) is 6.76. The quantitative estimate of drug-likeness (QED) is 0.745. The van der Waals surface area contributed by atoms with E-state index in [1.807, 2.05) is 19.1 Å². The lowest BCUT2D eigenvalue weighted by Crippen LogP contribution is -2.22. The molecule has 0 atom stereocenters. The monoisotopic (exact) mass is 268 g/mol. The van der Waals surface area contributed by atoms with Crippen LogP contribution < -0.4 is 10.6 Å². The van der Waals surface area contributed by atoms with Crippen molar-refractivity contribution in [2.45, 2.75) is 33.1 Å². The van der Waals surface area contributed by atoms with Crippen molar-refractivity contribution < 1.29 is 4.79 Å². The third-order valence-electron chi connectivity index (χ3n) is 2.71. The third kappa shape index (κ3) is 5.52. The summed E-state index contributed by atoms with van der Waals surface area (Å²) in [5.41, 5.74) is 1.81. The molecule has 100 valence electrons. The average molecular weight is 269 g/mol. The van der Waals surface area contributed by atoms with Gasteiger partial charge in [0.25, 0.3) is 0 Å². The molecule has 1 amide bonds. The van der Waals surface area contributed by atoms with Crippen molar-refractivity contribution in [2.75, 3.05) is 18.4 Å². The van der Waals surface area contributed by atoms with Crippen LogP contribution in [0, 0.1) is 6.92 Å². The van der Waals surface area contributed by atoms with Gasteiger partial charge in [-0.05, 0) is 37.6 Å². The highest BCUT2D eigenvalue weighted by Gasteiger charge is 2.04. The summed E-state index contributed by atoms with van der Waals surface area (Å²) in [6.45, 7) is 5.78. The standard InChI is InChI=1S/C14H21ClN2O/c1-3-4-8-16-9-7-14(18)17-13-10-12(15)6-5-11(13)2/h5-6,10,16H,3-4,7-9H2,1-2H3,(H,17,18). The fraction of sp³-hybridized carbons (Fsp3) is 0.500. The Kier molecular flexibility index (Phi) is 6.76. The van der Waals surface area contributed by atoms with Crippen LogP contribution in [0.1, 0.15) is 31.7 Å². The van der Waals surface area contributed by atoms with Gasteiger partial charge in [-0.1, -0.05) is 31.0 Å². The molecule has 1 aromatic carbocycles. The predicted molar refractivity (Wildman–Crippen MR) is 77.2 cm³/mol. The maximum atomic E-state index is 11.7. The van der Waals surface area contributed by atoms with Crippen molar-refractivity contribution in [3.05, 3.63) is 28.8 Å². The van der Waals surface area contributed by atoms with Gasteiger partial charge in [-0.15, -0.1) is 0 Å². The minimum Gasteiger partial charge on any atom is -0.326 e. The fourth-order valence-electron chi connectivity index (χ4n) is 1.57. The normalized spacial score (nSPS) is 10.4. The van der Waals surface area contributed by atoms with E-state index in [4.69, 9.17) is 11.6 Å². The summed E-state index contributed by atoms with van der Waals surface area (Å²) in [7, 11) is 0. The summed E-state index contributed by atoms with van der Waals surface area (Å²) in [6.07, 6.45) is 2.80. The number of benzene rings is 1. The first-order valence-electron chi connectivity index (χ1n) is 6.40. The van der Waals surface area contributed by atoms with Crippen LogP contribution in [0.5, 0.6) is 0 Å². The van der Waals surface area contributed by atoms with Gasteiger partial charge in [-0.2, -0.15) is 0 Å². The summed E-state index contributed by atoms with van der Waals surface area (Å²) in [5.74, 6) is 0.0179. The third-order valence-corrected chi connectivity index (χ3v) is 2.94. The van der Waals surface area contributed by atoms with Gasteiger partial charge in [0.2, 0.25) is 5.91 Å². The Bertz CT molecular complexity index is 393. The molecule has 18 heavy (non-hydrogen) atoms. The van der Waals surface area contributed by atoms with Crippen molar-refractivity contribution in [3.63, 3.8) is 0 Å². The van der Waals surface area contributed by atoms with E-state index in [2.05, 4.69) is 17.6 Å². The minimum atomic E-state index is 0.0179. The van der Waals surface area contributed by atoms with Crippen LogP contribution in [-0.2, 0) is 4.79 Å². The molecule has 0 aromatic heterocycles. The van der Waals surface area contributed by atoms with Crippen molar-refractivity contribution >= 4 is 23.2 Å². The zero-order valence-electron chi connectivity index (χ0n) is 11.1. The summed E-state index contributed by atoms with van der Waals surface area (Å²) >= 11 is 5.90. The van der Waals surface area contributed by atoms with Crippen LogP contribution in [-0.4, -0.2) is 19.0 Å². The molecule has 2 N–H and O–H groups in total. The largest absolute Gasteiger partial charge is 0.326 e. The first-order valence-corrected chi connectivity index (χ1v) is 6.78. The number of aryl methyl sites for hydroxylation is 1. The fourth-order valence-corrected chi connectivity index (χ4v) is 1.74. The van der Waals surface area contributed by atoms with Gasteiger partial charge < -0.3 is 10.6 Å². The van der Waals surface area contributed by atoms with Crippen molar-refractivity contribution in [1.29, 1.82) is 0 Å². The van der Waals surface area contributed by atoms with Crippen LogP contribution in [0.3, 0.4) is 0 Å². The molecule has 0 bridgehead atoms. The van der Waals surface area contributed by atoms with Gasteiger partial charge in [0.05, 0.1) is 0 Å². The van der Waals surface area contributed by atoms with Crippen molar-refractivity contribution in [3.8, 4) is 0 Å². The maximum absolute atomic E-state index is 11.7. The Morgan fingerprint density at radius 3 is 2.83 bits per heavy atom. The van der Waals surface area contributed by atoms with E-state index in [1.165, 1.54) is 6.42 Å². The van der Waals surface area contributed by atoms with Gasteiger partial charge >= 0.3 is 0 Å². The minimum absolute atomic E-state index is 0.0179. The molecule has 4 heteroatoms. The maximum Gasteiger partial charge on any atom is 0.225 e. The lowest BCUT2D eigenvalue weighted by atomic mass is 10.2. The number of halogens is 1. The molecule has 0 radical (unpaired) electrons. The smallest absolute Gasteiger partial charge is 0.225 e. The number of unbranched alkanes of at least 4 members (excludes halogenated alkanes) is 1. The lowest BCUT2D eigenvalue weighted by molar-refractivity contribution is -0.116. The van der Waals surface area contributed by atoms with E-state index in [9.17, 15) is 4.79 Å². The second-order valence-corrected chi connectivity index (χ2v) is 4.80. The molecule has 0 heterocycles. The molecule has 0 aliphatic rings. The van der Waals surface area contributed by atoms with Crippen LogP contribution in [0.2, 0.25) is 5.02 Å². The van der Waals surface area contributed by atoms with Crippen LogP contribution in [0.15, 0.2) is 18.2 Å². The molecular formula is C14H21ClN2O. The number of amides is 1. The van der Waals surface area contributed by atoms with Crippen molar-refractivity contribution in [1.82, 2.24) is 5.32 Å². The van der Waals surface area contributed by atoms with Gasteiger partial charge in [0.15, 0.2) is 0 Å². The molecule has 0 fully saturated rings. The van der Waals surface area contributed by atoms with E-state index in [0.29, 0.717) is 18.0 Å². The second-order valence-electron chi connectivity index (χ2n) is 4.36. The van der Waals surface area contributed by atoms with Gasteiger partial charge in [0.1, 0.15) is 0 Å². The van der Waals surface area contributed by atoms with E-state index >= 15 is 0 Å². The molecule has 0 aliphatic carbocycles. The Labute approximate surface area is 114 Å². The molecule has 0 spiro atoms. The highest BCUT2D eigenvalue weighted by atomic mass is 35.5. The van der Waals surface area contributed by atoms with Crippen LogP contribution >= 0.6 is 11.6 Å². The molecule has 0 aliphatic heterocycles. The summed E-state index contributed by atoms with van der Waals surface area (Å²) in [4.78, 5) is 11.7. The van der Waals surface area contributed by atoms with E-state index < -0.39 is 0 Å². The Hall–Kier alpha value is -1.06. The Morgan fingerprint density at radius 2 is 2.11 bits per heavy atom. The van der Waals surface area contributed by atoms with Gasteiger partial charge in [-0.25, -0.2) is 0 Å². The first kappa shape index (κ1) is 15.0. The van der Waals surface area contributed by atoms with Crippen LogP contribution in [0.4, 0.5) is 5.69 Å². The van der Waals surface area contributed by atoms with E-state index in [-0.39, 0.29) is 5.91 Å². The highest BCUT2D eigenvalue weighted by Crippen LogP contribution is 2.20. The molecular weight excluding hydrogens is 248 g/mol. The number of hydrogen-bond donors (Lipinski definition) is 2. The molecule has 1 rings (SSSR count). The summed E-state index contributed by atoms with van der Waals surface area (Å²) in [6, 6.07) is 5.50. The number of rotatable bonds is 7. The summed E-state index contributed by atoms with van der Waals surface area (Å²) < 4.78 is 0. The number of carbonyl (C=O) groups is 1. The number of anilines is 1. The molecule has 3 nitrogen and oxygen atoms in total. The SMILES string of the molecule is CCCCNCCC(=O)Nc1cc(Cl)ccc1C. The Morgan fingerprint density at radius 1 is 1.33 bits per heavy atom. The second kappa shape index (κ2) is 8.11. The van der Waals surface area contributed by atoms with Gasteiger partial charge in [0, 0.05) is 23.7 Å². The zero-order valence-corrected chi connectivity index (χ0v) is 11.8. The Balaban J connectivity index is 2.33. The van der Waals surface area contributed by atoms with Crippen LogP contribution in [0.25, 0.3) is 0 Å². The molecule has 0 saturated carbocycles. The zero-order chi connectivity index (χ0) is 13.4. The lowest BCUT2D eigenvalue weighted by Gasteiger charge is -2.09. The van der Waals surface area contributed by atoms with Crippen molar-refractivity contribution in [2.24, 2.45) is 0 Å². The molecule has 0 unspecified atom stereocenters. The molecule has 0 saturated heterocycles. The predicted octanol–water partition coefficient (Wildman–Crippen LogP) is 3.37. The van der Waals surface area contributed by atoms with Gasteiger partial charge in [-0.3, -0.25) is 4.79 Å². The number of nitrogens with one attached hydrogen (secondary N) is 2. The average Bonchev–Trinajstić information content (AvgIpc) is 2.33. The van der Waals surface area contributed by atoms with E-state index in [1.54, 1.807) is 6.07 Å². The highest BCUT2D eigenvalue weighted by molar-refractivity contribution is 6.31. The van der Waals surface area contributed by atoms with E-state index in [0.717, 1.165) is 24.2 Å². The number of hydrogen-bond acceptors (Lipinski definition) is 2. The molecule has 1 aromatic rings. The number of carbonyl (C=O) groups excluding carboxylic acids is 1. The first-order chi connectivity index (χ1) is 8.63.